The van der Waals surface area contributed by atoms with Crippen molar-refractivity contribution in [3.63, 3.8) is 0 Å². The van der Waals surface area contributed by atoms with Crippen LogP contribution in [0.15, 0.2) is 24.4 Å². The van der Waals surface area contributed by atoms with Crippen LogP contribution in [0, 0.1) is 6.92 Å². The fourth-order valence-electron chi connectivity index (χ4n) is 3.64. The predicted octanol–water partition coefficient (Wildman–Crippen LogP) is 4.98. The molecule has 12 heteroatoms. The molecule has 1 fully saturated rings. The highest BCUT2D eigenvalue weighted by Gasteiger charge is 2.32. The van der Waals surface area contributed by atoms with E-state index in [9.17, 15) is 18.0 Å². The zero-order valence-corrected chi connectivity index (χ0v) is 19.9. The van der Waals surface area contributed by atoms with E-state index in [1.54, 1.807) is 6.20 Å². The summed E-state index contributed by atoms with van der Waals surface area (Å²) in [5.41, 5.74) is 1.17. The fourth-order valence-corrected chi connectivity index (χ4v) is 3.86. The summed E-state index contributed by atoms with van der Waals surface area (Å²) >= 11 is 5.83. The second-order valence-electron chi connectivity index (χ2n) is 7.95. The molecule has 0 aliphatic heterocycles. The first kappa shape index (κ1) is 26.8. The number of halogens is 5. The molecule has 1 amide bonds. The van der Waals surface area contributed by atoms with Gasteiger partial charge in [0.1, 0.15) is 11.6 Å². The van der Waals surface area contributed by atoms with E-state index in [2.05, 4.69) is 25.3 Å². The number of ether oxygens (including phenoxy) is 1. The summed E-state index contributed by atoms with van der Waals surface area (Å²) in [7, 11) is 3.86. The van der Waals surface area contributed by atoms with Crippen molar-refractivity contribution in [2.45, 2.75) is 51.1 Å². The highest BCUT2D eigenvalue weighted by atomic mass is 35.5. The number of nitrogens with one attached hydrogen (secondary N) is 2. The van der Waals surface area contributed by atoms with E-state index in [0.717, 1.165) is 43.1 Å². The average Bonchev–Trinajstić information content (AvgIpc) is 2.71. The Kier molecular flexibility index (Phi) is 9.02. The summed E-state index contributed by atoms with van der Waals surface area (Å²) in [5.74, 6) is 0.494. The number of aryl methyl sites for hydroxylation is 1. The van der Waals surface area contributed by atoms with Gasteiger partial charge in [0.15, 0.2) is 0 Å². The van der Waals surface area contributed by atoms with Gasteiger partial charge in [-0.1, -0.05) is 11.6 Å². The van der Waals surface area contributed by atoms with Gasteiger partial charge in [0.2, 0.25) is 5.95 Å². The van der Waals surface area contributed by atoms with Crippen molar-refractivity contribution in [3.05, 3.63) is 40.5 Å². The van der Waals surface area contributed by atoms with Crippen LogP contribution in [0.1, 0.15) is 41.6 Å². The van der Waals surface area contributed by atoms with Gasteiger partial charge < -0.3 is 20.3 Å². The number of carbonyl (C=O) groups excluding carboxylic acids is 1. The van der Waals surface area contributed by atoms with E-state index >= 15 is 0 Å². The number of hydrogen-bond acceptors (Lipinski definition) is 6. The second kappa shape index (κ2) is 11.1. The van der Waals surface area contributed by atoms with Gasteiger partial charge >= 0.3 is 6.36 Å². The molecule has 2 aromatic rings. The number of alkyl halides is 3. The average molecular weight is 508 g/mol. The van der Waals surface area contributed by atoms with Crippen LogP contribution in [0.4, 0.5) is 24.9 Å². The molecule has 182 valence electrons. The standard InChI is InChI=1S/C21H25ClF3N5O2.ClH/c1-12-11-26-20(29-18(12)30(2)3)28-15-7-5-14(6-8-15)27-19(31)13-4-9-17(16(22)10-13)32-21(23,24)25;/h4,9-11,14-15H,5-8H2,1-3H3,(H,27,31)(H,26,28,29);1H. The van der Waals surface area contributed by atoms with Crippen molar-refractivity contribution in [1.82, 2.24) is 15.3 Å². The molecule has 1 aliphatic rings. The summed E-state index contributed by atoms with van der Waals surface area (Å²) in [6.07, 6.45) is 0.0687. The minimum Gasteiger partial charge on any atom is -0.404 e. The minimum absolute atomic E-state index is 0. The number of nitrogens with zero attached hydrogens (tertiary/aromatic N) is 3. The first-order chi connectivity index (χ1) is 15.0. The summed E-state index contributed by atoms with van der Waals surface area (Å²) < 4.78 is 40.9. The number of anilines is 2. The number of aromatic nitrogens is 2. The topological polar surface area (TPSA) is 79.4 Å². The number of rotatable bonds is 6. The maximum atomic E-state index is 12.5. The van der Waals surface area contributed by atoms with Crippen molar-refractivity contribution in [3.8, 4) is 5.75 Å². The minimum atomic E-state index is -4.85. The largest absolute Gasteiger partial charge is 0.573 e. The van der Waals surface area contributed by atoms with Crippen LogP contribution in [-0.4, -0.2) is 48.4 Å². The Morgan fingerprint density at radius 2 is 1.82 bits per heavy atom. The lowest BCUT2D eigenvalue weighted by molar-refractivity contribution is -0.274. The Balaban J connectivity index is 0.00000385. The molecule has 1 aromatic carbocycles. The lowest BCUT2D eigenvalue weighted by atomic mass is 9.91. The molecule has 2 N–H and O–H groups in total. The maximum Gasteiger partial charge on any atom is 0.573 e. The van der Waals surface area contributed by atoms with E-state index in [1.165, 1.54) is 12.1 Å². The Morgan fingerprint density at radius 3 is 2.39 bits per heavy atom. The molecule has 3 rings (SSSR count). The van der Waals surface area contributed by atoms with Crippen molar-refractivity contribution in [1.29, 1.82) is 0 Å². The molecule has 0 atom stereocenters. The van der Waals surface area contributed by atoms with Gasteiger partial charge in [-0.3, -0.25) is 4.79 Å². The van der Waals surface area contributed by atoms with E-state index in [-0.39, 0.29) is 41.0 Å². The molecule has 0 radical (unpaired) electrons. The molecule has 0 saturated heterocycles. The van der Waals surface area contributed by atoms with Crippen LogP contribution in [0.25, 0.3) is 0 Å². The zero-order valence-electron chi connectivity index (χ0n) is 18.4. The molecular formula is C21H26Cl2F3N5O2. The van der Waals surface area contributed by atoms with Gasteiger partial charge in [0, 0.05) is 43.5 Å². The Labute approximate surface area is 201 Å². The van der Waals surface area contributed by atoms with Gasteiger partial charge in [0.25, 0.3) is 5.91 Å². The number of hydrogen-bond donors (Lipinski definition) is 2. The molecule has 0 bridgehead atoms. The SMILES string of the molecule is Cc1cnc(NC2CCC(NC(=O)c3ccc(OC(F)(F)F)c(Cl)c3)CC2)nc1N(C)C.Cl. The van der Waals surface area contributed by atoms with Crippen LogP contribution >= 0.6 is 24.0 Å². The van der Waals surface area contributed by atoms with E-state index in [1.807, 2.05) is 25.9 Å². The van der Waals surface area contributed by atoms with Gasteiger partial charge in [-0.15, -0.1) is 25.6 Å². The first-order valence-electron chi connectivity index (χ1n) is 10.2. The maximum absolute atomic E-state index is 12.5. The number of carbonyl (C=O) groups is 1. The molecule has 0 unspecified atom stereocenters. The molecule has 7 nitrogen and oxygen atoms in total. The number of benzene rings is 1. The third-order valence-electron chi connectivity index (χ3n) is 5.18. The second-order valence-corrected chi connectivity index (χ2v) is 8.36. The quantitative estimate of drug-likeness (QED) is 0.574. The molecule has 0 spiro atoms. The van der Waals surface area contributed by atoms with Gasteiger partial charge in [-0.2, -0.15) is 4.98 Å². The fraction of sp³-hybridized carbons (Fsp3) is 0.476. The Morgan fingerprint density at radius 1 is 1.18 bits per heavy atom. The molecular weight excluding hydrogens is 482 g/mol. The zero-order chi connectivity index (χ0) is 23.5. The highest BCUT2D eigenvalue weighted by molar-refractivity contribution is 6.32. The molecule has 1 aliphatic carbocycles. The van der Waals surface area contributed by atoms with Crippen molar-refractivity contribution in [2.24, 2.45) is 0 Å². The third-order valence-corrected chi connectivity index (χ3v) is 5.48. The van der Waals surface area contributed by atoms with E-state index in [4.69, 9.17) is 11.6 Å². The lowest BCUT2D eigenvalue weighted by Crippen LogP contribution is -2.40. The third kappa shape index (κ3) is 7.53. The molecule has 33 heavy (non-hydrogen) atoms. The summed E-state index contributed by atoms with van der Waals surface area (Å²) in [4.78, 5) is 23.3. The Hall–Kier alpha value is -2.46. The molecule has 1 heterocycles. The van der Waals surface area contributed by atoms with Crippen LogP contribution in [-0.2, 0) is 0 Å². The molecule has 1 saturated carbocycles. The van der Waals surface area contributed by atoms with Gasteiger partial charge in [-0.05, 0) is 50.8 Å². The summed E-state index contributed by atoms with van der Waals surface area (Å²) in [5, 5.41) is 6.00. The smallest absolute Gasteiger partial charge is 0.404 e. The van der Waals surface area contributed by atoms with Gasteiger partial charge in [0.05, 0.1) is 5.02 Å². The van der Waals surface area contributed by atoms with Crippen LogP contribution in [0.2, 0.25) is 5.02 Å². The van der Waals surface area contributed by atoms with E-state index in [0.29, 0.717) is 5.95 Å². The van der Waals surface area contributed by atoms with Crippen molar-refractivity contribution >= 4 is 41.7 Å². The molecule has 1 aromatic heterocycles. The normalized spacial score (nSPS) is 18.2. The van der Waals surface area contributed by atoms with Crippen LogP contribution in [0.3, 0.4) is 0 Å². The van der Waals surface area contributed by atoms with Crippen molar-refractivity contribution < 1.29 is 22.7 Å². The van der Waals surface area contributed by atoms with Crippen LogP contribution < -0.4 is 20.3 Å². The Bertz CT molecular complexity index is 967. The summed E-state index contributed by atoms with van der Waals surface area (Å²) in [6, 6.07) is 3.61. The van der Waals surface area contributed by atoms with Gasteiger partial charge in [-0.25, -0.2) is 4.98 Å². The summed E-state index contributed by atoms with van der Waals surface area (Å²) in [6.45, 7) is 1.96. The van der Waals surface area contributed by atoms with E-state index < -0.39 is 12.1 Å². The van der Waals surface area contributed by atoms with Crippen molar-refractivity contribution in [2.75, 3.05) is 24.3 Å². The first-order valence-corrected chi connectivity index (χ1v) is 10.5. The number of amides is 1. The lowest BCUT2D eigenvalue weighted by Gasteiger charge is -2.30. The highest BCUT2D eigenvalue weighted by Crippen LogP contribution is 2.31. The monoisotopic (exact) mass is 507 g/mol. The predicted molar refractivity (Wildman–Crippen MR) is 124 cm³/mol. The van der Waals surface area contributed by atoms with Crippen LogP contribution in [0.5, 0.6) is 5.75 Å².